The highest BCUT2D eigenvalue weighted by Gasteiger charge is 2.28. The van der Waals surface area contributed by atoms with E-state index in [-0.39, 0.29) is 12.0 Å². The van der Waals surface area contributed by atoms with Crippen molar-refractivity contribution >= 4 is 16.9 Å². The van der Waals surface area contributed by atoms with Crippen LogP contribution in [0.3, 0.4) is 0 Å². The summed E-state index contributed by atoms with van der Waals surface area (Å²) in [6.45, 7) is 2.87. The fraction of sp³-hybridized carbons (Fsp3) is 0.400. The molecule has 3 rings (SSSR count). The van der Waals surface area contributed by atoms with E-state index >= 15 is 0 Å². The SMILES string of the molecule is CCOC(=O)C1Cc2c([nH]c3c(OC)cccc23)CN1. The first kappa shape index (κ1) is 13.0. The first-order valence-corrected chi connectivity index (χ1v) is 6.81. The molecule has 0 bridgehead atoms. The number of esters is 1. The Morgan fingerprint density at radius 3 is 3.05 bits per heavy atom. The summed E-state index contributed by atoms with van der Waals surface area (Å²) in [5.41, 5.74) is 3.28. The van der Waals surface area contributed by atoms with Crippen LogP contribution >= 0.6 is 0 Å². The van der Waals surface area contributed by atoms with Crippen molar-refractivity contribution in [3.8, 4) is 5.75 Å². The lowest BCUT2D eigenvalue weighted by Crippen LogP contribution is -2.42. The molecular formula is C15H18N2O3. The molecule has 0 radical (unpaired) electrons. The van der Waals surface area contributed by atoms with E-state index in [0.29, 0.717) is 19.6 Å². The standard InChI is InChI=1S/C15H18N2O3/c1-3-20-15(18)11-7-10-9-5-4-6-13(19-2)14(9)17-12(10)8-16-11/h4-6,11,16-17H,3,7-8H2,1-2H3. The van der Waals surface area contributed by atoms with Gasteiger partial charge in [0, 0.05) is 24.0 Å². The van der Waals surface area contributed by atoms with Crippen molar-refractivity contribution in [1.82, 2.24) is 10.3 Å². The Hall–Kier alpha value is -2.01. The summed E-state index contributed by atoms with van der Waals surface area (Å²) < 4.78 is 10.5. The Kier molecular flexibility index (Phi) is 3.36. The van der Waals surface area contributed by atoms with Gasteiger partial charge in [0.05, 0.1) is 19.2 Å². The van der Waals surface area contributed by atoms with Crippen LogP contribution in [0.15, 0.2) is 18.2 Å². The van der Waals surface area contributed by atoms with E-state index in [2.05, 4.69) is 16.4 Å². The van der Waals surface area contributed by atoms with Crippen LogP contribution in [0.25, 0.3) is 10.9 Å². The van der Waals surface area contributed by atoms with Crippen LogP contribution in [0.4, 0.5) is 0 Å². The first-order chi connectivity index (χ1) is 9.74. The number of fused-ring (bicyclic) bond motifs is 3. The normalized spacial score (nSPS) is 17.8. The molecule has 1 atom stereocenters. The molecule has 1 aliphatic rings. The van der Waals surface area contributed by atoms with Gasteiger partial charge in [-0.2, -0.15) is 0 Å². The predicted molar refractivity (Wildman–Crippen MR) is 75.8 cm³/mol. The largest absolute Gasteiger partial charge is 0.495 e. The Balaban J connectivity index is 1.98. The van der Waals surface area contributed by atoms with Gasteiger partial charge in [0.1, 0.15) is 11.8 Å². The van der Waals surface area contributed by atoms with E-state index in [4.69, 9.17) is 9.47 Å². The molecule has 2 heterocycles. The number of aromatic nitrogens is 1. The molecule has 0 aliphatic carbocycles. The van der Waals surface area contributed by atoms with Gasteiger partial charge >= 0.3 is 5.97 Å². The molecule has 1 aliphatic heterocycles. The van der Waals surface area contributed by atoms with E-state index in [1.807, 2.05) is 19.1 Å². The number of hydrogen-bond acceptors (Lipinski definition) is 4. The lowest BCUT2D eigenvalue weighted by Gasteiger charge is -2.22. The third kappa shape index (κ3) is 2.04. The molecule has 2 aromatic rings. The average molecular weight is 274 g/mol. The average Bonchev–Trinajstić information content (AvgIpc) is 2.85. The van der Waals surface area contributed by atoms with Crippen molar-refractivity contribution in [1.29, 1.82) is 0 Å². The minimum atomic E-state index is -0.271. The monoisotopic (exact) mass is 274 g/mol. The number of H-pyrrole nitrogens is 1. The number of aromatic amines is 1. The van der Waals surface area contributed by atoms with Crippen LogP contribution in [0.1, 0.15) is 18.2 Å². The molecule has 1 unspecified atom stereocenters. The van der Waals surface area contributed by atoms with Crippen LogP contribution in [-0.4, -0.2) is 30.7 Å². The zero-order chi connectivity index (χ0) is 14.1. The number of nitrogens with one attached hydrogen (secondary N) is 2. The Bertz CT molecular complexity index is 648. The van der Waals surface area contributed by atoms with Gasteiger partial charge in [-0.3, -0.25) is 10.1 Å². The van der Waals surface area contributed by atoms with Crippen molar-refractivity contribution in [3.63, 3.8) is 0 Å². The molecule has 0 amide bonds. The fourth-order valence-electron chi connectivity index (χ4n) is 2.77. The van der Waals surface area contributed by atoms with Crippen molar-refractivity contribution in [3.05, 3.63) is 29.5 Å². The van der Waals surface area contributed by atoms with Crippen molar-refractivity contribution in [2.75, 3.05) is 13.7 Å². The Labute approximate surface area is 117 Å². The van der Waals surface area contributed by atoms with Gasteiger partial charge in [-0.25, -0.2) is 0 Å². The number of carbonyl (C=O) groups is 1. The van der Waals surface area contributed by atoms with E-state index < -0.39 is 0 Å². The van der Waals surface area contributed by atoms with E-state index in [0.717, 1.165) is 22.3 Å². The molecule has 2 N–H and O–H groups in total. The summed E-state index contributed by atoms with van der Waals surface area (Å²) in [6.07, 6.45) is 0.640. The molecule has 0 spiro atoms. The summed E-state index contributed by atoms with van der Waals surface area (Å²) in [7, 11) is 1.66. The Morgan fingerprint density at radius 2 is 2.30 bits per heavy atom. The van der Waals surface area contributed by atoms with Gasteiger partial charge in [0.15, 0.2) is 0 Å². The van der Waals surface area contributed by atoms with Crippen molar-refractivity contribution in [2.45, 2.75) is 25.9 Å². The van der Waals surface area contributed by atoms with Gasteiger partial charge in [0.25, 0.3) is 0 Å². The third-order valence-electron chi connectivity index (χ3n) is 3.72. The lowest BCUT2D eigenvalue weighted by atomic mass is 9.98. The van der Waals surface area contributed by atoms with Gasteiger partial charge in [-0.15, -0.1) is 0 Å². The highest BCUT2D eigenvalue weighted by Crippen LogP contribution is 2.32. The van der Waals surface area contributed by atoms with E-state index in [1.54, 1.807) is 7.11 Å². The maximum Gasteiger partial charge on any atom is 0.323 e. The predicted octanol–water partition coefficient (Wildman–Crippen LogP) is 1.75. The smallest absolute Gasteiger partial charge is 0.323 e. The highest BCUT2D eigenvalue weighted by molar-refractivity contribution is 5.90. The topological polar surface area (TPSA) is 63.4 Å². The molecule has 0 saturated heterocycles. The summed E-state index contributed by atoms with van der Waals surface area (Å²) in [4.78, 5) is 15.3. The van der Waals surface area contributed by atoms with E-state index in [1.165, 1.54) is 5.56 Å². The number of ether oxygens (including phenoxy) is 2. The zero-order valence-electron chi connectivity index (χ0n) is 11.7. The minimum absolute atomic E-state index is 0.185. The molecule has 106 valence electrons. The van der Waals surface area contributed by atoms with Gasteiger partial charge in [-0.1, -0.05) is 12.1 Å². The maximum absolute atomic E-state index is 11.9. The second kappa shape index (κ2) is 5.17. The summed E-state index contributed by atoms with van der Waals surface area (Å²) in [5, 5.41) is 4.33. The second-order valence-electron chi connectivity index (χ2n) is 4.85. The van der Waals surface area contributed by atoms with Gasteiger partial charge in [0.2, 0.25) is 0 Å². The summed E-state index contributed by atoms with van der Waals surface area (Å²) in [6, 6.07) is 5.69. The second-order valence-corrected chi connectivity index (χ2v) is 4.85. The lowest BCUT2D eigenvalue weighted by molar-refractivity contribution is -0.145. The number of hydrogen-bond donors (Lipinski definition) is 2. The molecule has 0 saturated carbocycles. The molecule has 20 heavy (non-hydrogen) atoms. The van der Waals surface area contributed by atoms with Crippen molar-refractivity contribution in [2.24, 2.45) is 0 Å². The molecular weight excluding hydrogens is 256 g/mol. The number of methoxy groups -OCH3 is 1. The molecule has 1 aromatic carbocycles. The van der Waals surface area contributed by atoms with Crippen LogP contribution in [0.2, 0.25) is 0 Å². The summed E-state index contributed by atoms with van der Waals surface area (Å²) in [5.74, 6) is 0.639. The van der Waals surface area contributed by atoms with Crippen LogP contribution in [-0.2, 0) is 22.5 Å². The maximum atomic E-state index is 11.9. The number of benzene rings is 1. The number of para-hydroxylation sites is 1. The van der Waals surface area contributed by atoms with Crippen LogP contribution in [0.5, 0.6) is 5.75 Å². The zero-order valence-corrected chi connectivity index (χ0v) is 11.7. The van der Waals surface area contributed by atoms with Crippen LogP contribution in [0, 0.1) is 0 Å². The summed E-state index contributed by atoms with van der Waals surface area (Å²) >= 11 is 0. The molecule has 5 heteroatoms. The van der Waals surface area contributed by atoms with Crippen molar-refractivity contribution < 1.29 is 14.3 Å². The molecule has 5 nitrogen and oxygen atoms in total. The van der Waals surface area contributed by atoms with Crippen LogP contribution < -0.4 is 10.1 Å². The number of rotatable bonds is 3. The first-order valence-electron chi connectivity index (χ1n) is 6.81. The van der Waals surface area contributed by atoms with Gasteiger partial charge < -0.3 is 14.5 Å². The number of carbonyl (C=O) groups excluding carboxylic acids is 1. The van der Waals surface area contributed by atoms with E-state index in [9.17, 15) is 4.79 Å². The van der Waals surface area contributed by atoms with Gasteiger partial charge in [-0.05, 0) is 18.6 Å². The quantitative estimate of drug-likeness (QED) is 0.837. The minimum Gasteiger partial charge on any atom is -0.495 e. The molecule has 0 fully saturated rings. The molecule has 1 aromatic heterocycles. The third-order valence-corrected chi connectivity index (χ3v) is 3.72. The Morgan fingerprint density at radius 1 is 1.45 bits per heavy atom. The highest BCUT2D eigenvalue weighted by atomic mass is 16.5. The fourth-order valence-corrected chi connectivity index (χ4v) is 2.77.